The van der Waals surface area contributed by atoms with Crippen LogP contribution < -0.4 is 5.32 Å². The van der Waals surface area contributed by atoms with Gasteiger partial charge in [0, 0.05) is 11.1 Å². The molecule has 0 spiro atoms. The average Bonchev–Trinajstić information content (AvgIpc) is 2.69. The number of carbonyl (C=O) groups is 1. The van der Waals surface area contributed by atoms with Crippen LogP contribution in [0.5, 0.6) is 0 Å². The number of anilines is 1. The van der Waals surface area contributed by atoms with Crippen molar-refractivity contribution in [2.24, 2.45) is 0 Å². The molecule has 0 saturated heterocycles. The lowest BCUT2D eigenvalue weighted by molar-refractivity contribution is 0.0636. The smallest absolute Gasteiger partial charge is 0.412 e. The predicted molar refractivity (Wildman–Crippen MR) is 87.3 cm³/mol. The van der Waals surface area contributed by atoms with Crippen LogP contribution in [0, 0.1) is 5.82 Å². The molecule has 1 amide bonds. The van der Waals surface area contributed by atoms with E-state index in [-0.39, 0.29) is 0 Å². The van der Waals surface area contributed by atoms with Gasteiger partial charge in [-0.25, -0.2) is 13.6 Å². The molecule has 20 heavy (non-hydrogen) atoms. The maximum Gasteiger partial charge on any atom is 0.412 e. The summed E-state index contributed by atoms with van der Waals surface area (Å²) < 4.78 is 20.8. The standard InChI is InChI=1S/C12H14FIN3O2P/c1-12(2,3)19-11(18)16-8-4-7-6-15-17(20-14)10(7)9(13)5-8/h4-6,20H,1-3H3,(H,16,18). The lowest BCUT2D eigenvalue weighted by atomic mass is 10.2. The van der Waals surface area contributed by atoms with Gasteiger partial charge in [-0.2, -0.15) is 5.10 Å². The SMILES string of the molecule is CC(C)(C)OC(=O)Nc1cc(F)c2c(cnn2PI)c1. The van der Waals surface area contributed by atoms with Crippen LogP contribution in [-0.2, 0) is 4.74 Å². The highest BCUT2D eigenvalue weighted by Gasteiger charge is 2.17. The second kappa shape index (κ2) is 5.81. The molecule has 0 saturated carbocycles. The third-order valence-electron chi connectivity index (χ3n) is 2.34. The third kappa shape index (κ3) is 3.58. The number of nitrogens with zero attached hydrogens (tertiary/aromatic N) is 2. The fourth-order valence-electron chi connectivity index (χ4n) is 1.68. The summed E-state index contributed by atoms with van der Waals surface area (Å²) in [7, 11) is 0. The van der Waals surface area contributed by atoms with E-state index in [1.54, 1.807) is 37.5 Å². The van der Waals surface area contributed by atoms with Gasteiger partial charge >= 0.3 is 6.09 Å². The van der Waals surface area contributed by atoms with Crippen molar-refractivity contribution in [2.75, 3.05) is 5.32 Å². The molecule has 1 aromatic heterocycles. The minimum Gasteiger partial charge on any atom is -0.444 e. The Bertz CT molecular complexity index is 654. The summed E-state index contributed by atoms with van der Waals surface area (Å²) in [5.41, 5.74) is 0.188. The molecule has 0 bridgehead atoms. The van der Waals surface area contributed by atoms with Crippen LogP contribution >= 0.6 is 28.4 Å². The molecule has 0 fully saturated rings. The van der Waals surface area contributed by atoms with Crippen LogP contribution in [-0.4, -0.2) is 21.2 Å². The number of benzene rings is 1. The topological polar surface area (TPSA) is 56.1 Å². The number of fused-ring (bicyclic) bond motifs is 1. The van der Waals surface area contributed by atoms with Gasteiger partial charge in [-0.15, -0.1) is 0 Å². The van der Waals surface area contributed by atoms with E-state index in [2.05, 4.69) is 32.5 Å². The van der Waals surface area contributed by atoms with Crippen molar-refractivity contribution in [1.29, 1.82) is 0 Å². The van der Waals surface area contributed by atoms with Crippen LogP contribution in [0.1, 0.15) is 20.8 Å². The van der Waals surface area contributed by atoms with E-state index < -0.39 is 17.5 Å². The zero-order valence-corrected chi connectivity index (χ0v) is 14.4. The van der Waals surface area contributed by atoms with E-state index in [4.69, 9.17) is 4.74 Å². The van der Waals surface area contributed by atoms with Crippen LogP contribution in [0.2, 0.25) is 0 Å². The molecule has 2 aromatic rings. The van der Waals surface area contributed by atoms with Gasteiger partial charge < -0.3 is 4.74 Å². The summed E-state index contributed by atoms with van der Waals surface area (Å²) >= 11 is 2.13. The zero-order chi connectivity index (χ0) is 14.9. The Kier molecular flexibility index (Phi) is 4.49. The Morgan fingerprint density at radius 2 is 2.20 bits per heavy atom. The molecule has 1 N–H and O–H groups in total. The predicted octanol–water partition coefficient (Wildman–Crippen LogP) is 4.31. The fraction of sp³-hybridized carbons (Fsp3) is 0.333. The molecular weight excluding hydrogens is 395 g/mol. The Morgan fingerprint density at radius 3 is 2.80 bits per heavy atom. The molecule has 0 radical (unpaired) electrons. The number of carbonyl (C=O) groups excluding carboxylic acids is 1. The number of ether oxygens (including phenoxy) is 1. The summed E-state index contributed by atoms with van der Waals surface area (Å²) in [5, 5.41) is 7.25. The third-order valence-corrected chi connectivity index (χ3v) is 4.21. The van der Waals surface area contributed by atoms with Crippen molar-refractivity contribution in [2.45, 2.75) is 26.4 Å². The number of halogens is 2. The van der Waals surface area contributed by atoms with Gasteiger partial charge in [-0.05, 0) is 54.9 Å². The largest absolute Gasteiger partial charge is 0.444 e. The highest BCUT2D eigenvalue weighted by Crippen LogP contribution is 2.31. The van der Waals surface area contributed by atoms with E-state index in [1.165, 1.54) is 6.07 Å². The first-order valence-electron chi connectivity index (χ1n) is 5.84. The molecule has 1 atom stereocenters. The van der Waals surface area contributed by atoms with E-state index in [0.717, 1.165) is 0 Å². The van der Waals surface area contributed by atoms with Crippen LogP contribution in [0.25, 0.3) is 10.9 Å². The molecule has 8 heteroatoms. The first kappa shape index (κ1) is 15.4. The van der Waals surface area contributed by atoms with Gasteiger partial charge in [0.15, 0.2) is 5.82 Å². The minimum absolute atomic E-state index is 0.313. The molecule has 1 aromatic carbocycles. The summed E-state index contributed by atoms with van der Waals surface area (Å²) in [6.45, 7) is 5.30. The fourth-order valence-corrected chi connectivity index (χ4v) is 3.20. The highest BCUT2D eigenvalue weighted by molar-refractivity contribution is 14.2. The van der Waals surface area contributed by atoms with Gasteiger partial charge in [-0.1, -0.05) is 0 Å². The number of aromatic nitrogens is 2. The van der Waals surface area contributed by atoms with Gasteiger partial charge in [0.25, 0.3) is 0 Å². The number of hydrogen-bond acceptors (Lipinski definition) is 3. The molecule has 0 aliphatic carbocycles. The minimum atomic E-state index is -0.612. The van der Waals surface area contributed by atoms with Crippen LogP contribution in [0.4, 0.5) is 14.9 Å². The Hall–Kier alpha value is -0.950. The molecule has 1 heterocycles. The summed E-state index contributed by atoms with van der Waals surface area (Å²) in [5.74, 6) is -0.421. The van der Waals surface area contributed by atoms with E-state index in [0.29, 0.717) is 23.0 Å². The van der Waals surface area contributed by atoms with Gasteiger partial charge in [0.05, 0.1) is 12.6 Å². The van der Waals surface area contributed by atoms with Crippen molar-refractivity contribution in [3.8, 4) is 0 Å². The maximum atomic E-state index is 14.1. The van der Waals surface area contributed by atoms with E-state index in [9.17, 15) is 9.18 Å². The van der Waals surface area contributed by atoms with Crippen LogP contribution in [0.15, 0.2) is 18.3 Å². The van der Waals surface area contributed by atoms with Crippen molar-refractivity contribution >= 4 is 51.1 Å². The first-order chi connectivity index (χ1) is 9.30. The number of nitrogens with one attached hydrogen (secondary N) is 1. The molecular formula is C12H14FIN3O2P. The van der Waals surface area contributed by atoms with E-state index >= 15 is 0 Å². The quantitative estimate of drug-likeness (QED) is 0.594. The summed E-state index contributed by atoms with van der Waals surface area (Å²) in [4.78, 5) is 11.7. The Balaban J connectivity index is 2.26. The second-order valence-electron chi connectivity index (χ2n) is 5.16. The lowest BCUT2D eigenvalue weighted by Crippen LogP contribution is -2.27. The normalized spacial score (nSPS) is 12.2. The molecule has 108 valence electrons. The van der Waals surface area contributed by atoms with Crippen molar-refractivity contribution in [3.05, 3.63) is 24.1 Å². The molecule has 5 nitrogen and oxygen atoms in total. The zero-order valence-electron chi connectivity index (χ0n) is 11.2. The van der Waals surface area contributed by atoms with Crippen LogP contribution in [0.3, 0.4) is 0 Å². The summed E-state index contributed by atoms with van der Waals surface area (Å²) in [6.07, 6.45) is 1.28. The molecule has 1 unspecified atom stereocenters. The van der Waals surface area contributed by atoms with Gasteiger partial charge in [0.1, 0.15) is 11.1 Å². The number of rotatable bonds is 2. The Labute approximate surface area is 130 Å². The monoisotopic (exact) mass is 409 g/mol. The summed E-state index contributed by atoms with van der Waals surface area (Å²) in [6, 6.07) is 2.93. The second-order valence-corrected chi connectivity index (χ2v) is 7.20. The van der Waals surface area contributed by atoms with Gasteiger partial charge in [0.2, 0.25) is 0 Å². The first-order valence-corrected chi connectivity index (χ1v) is 9.90. The molecule has 0 aliphatic rings. The molecule has 0 aliphatic heterocycles. The van der Waals surface area contributed by atoms with Crippen molar-refractivity contribution < 1.29 is 13.9 Å². The van der Waals surface area contributed by atoms with Gasteiger partial charge in [-0.3, -0.25) is 5.32 Å². The van der Waals surface area contributed by atoms with Crippen molar-refractivity contribution in [1.82, 2.24) is 9.55 Å². The highest BCUT2D eigenvalue weighted by atomic mass is 127. The number of hydrogen-bond donors (Lipinski definition) is 1. The van der Waals surface area contributed by atoms with E-state index in [1.807, 2.05) is 0 Å². The van der Waals surface area contributed by atoms with Crippen molar-refractivity contribution in [3.63, 3.8) is 0 Å². The lowest BCUT2D eigenvalue weighted by Gasteiger charge is -2.19. The average molecular weight is 409 g/mol. The Morgan fingerprint density at radius 1 is 1.50 bits per heavy atom. The maximum absolute atomic E-state index is 14.1. The number of amides is 1. The molecule has 2 rings (SSSR count).